The van der Waals surface area contributed by atoms with Crippen molar-refractivity contribution in [2.75, 3.05) is 6.54 Å². The van der Waals surface area contributed by atoms with Gasteiger partial charge in [0.1, 0.15) is 0 Å². The van der Waals surface area contributed by atoms with Crippen LogP contribution in [0.5, 0.6) is 0 Å². The molecule has 1 atom stereocenters. The van der Waals surface area contributed by atoms with E-state index in [1.807, 2.05) is 39.8 Å². The molecule has 4 heteroatoms. The van der Waals surface area contributed by atoms with Crippen molar-refractivity contribution < 1.29 is 14.3 Å². The standard InChI is InChI=1S/C15H21NO3/c1-6-16-14(17)12(5)19-15(18)13-10(3)7-9(2)8-11(13)4/h7-8,12H,6H2,1-5H3,(H,16,17). The van der Waals surface area contributed by atoms with Gasteiger partial charge in [0.2, 0.25) is 0 Å². The van der Waals surface area contributed by atoms with Crippen molar-refractivity contribution in [1.29, 1.82) is 0 Å². The number of hydrogen-bond donors (Lipinski definition) is 1. The van der Waals surface area contributed by atoms with Crippen LogP contribution in [-0.4, -0.2) is 24.5 Å². The largest absolute Gasteiger partial charge is 0.449 e. The van der Waals surface area contributed by atoms with Crippen molar-refractivity contribution in [2.45, 2.75) is 40.7 Å². The lowest BCUT2D eigenvalue weighted by atomic mass is 10.00. The van der Waals surface area contributed by atoms with Gasteiger partial charge in [-0.05, 0) is 45.7 Å². The Kier molecular flexibility index (Phi) is 5.10. The maximum absolute atomic E-state index is 12.1. The quantitative estimate of drug-likeness (QED) is 0.848. The Labute approximate surface area is 114 Å². The minimum Gasteiger partial charge on any atom is -0.449 e. The minimum absolute atomic E-state index is 0.279. The fourth-order valence-corrected chi connectivity index (χ4v) is 2.09. The molecule has 1 aromatic carbocycles. The van der Waals surface area contributed by atoms with Crippen molar-refractivity contribution in [3.8, 4) is 0 Å². The molecule has 1 unspecified atom stereocenters. The van der Waals surface area contributed by atoms with Gasteiger partial charge in [-0.25, -0.2) is 4.79 Å². The third-order valence-corrected chi connectivity index (χ3v) is 2.89. The van der Waals surface area contributed by atoms with Crippen molar-refractivity contribution >= 4 is 11.9 Å². The molecular formula is C15H21NO3. The minimum atomic E-state index is -0.785. The van der Waals surface area contributed by atoms with E-state index in [2.05, 4.69) is 5.32 Å². The number of esters is 1. The summed E-state index contributed by atoms with van der Waals surface area (Å²) in [7, 11) is 0. The maximum Gasteiger partial charge on any atom is 0.339 e. The fourth-order valence-electron chi connectivity index (χ4n) is 2.09. The highest BCUT2D eigenvalue weighted by molar-refractivity contribution is 5.94. The number of benzene rings is 1. The molecule has 0 saturated heterocycles. The Balaban J connectivity index is 2.87. The lowest BCUT2D eigenvalue weighted by Crippen LogP contribution is -2.35. The number of likely N-dealkylation sites (N-methyl/N-ethyl adjacent to an activating group) is 1. The summed E-state index contributed by atoms with van der Waals surface area (Å²) in [5.74, 6) is -0.730. The summed E-state index contributed by atoms with van der Waals surface area (Å²) >= 11 is 0. The predicted molar refractivity (Wildman–Crippen MR) is 74.2 cm³/mol. The van der Waals surface area contributed by atoms with E-state index < -0.39 is 12.1 Å². The lowest BCUT2D eigenvalue weighted by Gasteiger charge is -2.15. The Morgan fingerprint density at radius 3 is 2.21 bits per heavy atom. The number of rotatable bonds is 4. The average Bonchev–Trinajstić information content (AvgIpc) is 2.27. The molecule has 0 aliphatic rings. The van der Waals surface area contributed by atoms with Gasteiger partial charge in [0.05, 0.1) is 5.56 Å². The number of carbonyl (C=O) groups is 2. The van der Waals surface area contributed by atoms with Gasteiger partial charge in [0.25, 0.3) is 5.91 Å². The first-order valence-electron chi connectivity index (χ1n) is 6.43. The van der Waals surface area contributed by atoms with Crippen molar-refractivity contribution in [1.82, 2.24) is 5.32 Å². The summed E-state index contributed by atoms with van der Waals surface area (Å²) in [6.45, 7) is 9.62. The van der Waals surface area contributed by atoms with Crippen LogP contribution in [0.3, 0.4) is 0 Å². The van der Waals surface area contributed by atoms with Crippen LogP contribution in [0.15, 0.2) is 12.1 Å². The van der Waals surface area contributed by atoms with Gasteiger partial charge in [0.15, 0.2) is 6.10 Å². The summed E-state index contributed by atoms with van der Waals surface area (Å²) in [5.41, 5.74) is 3.38. The number of nitrogens with one attached hydrogen (secondary N) is 1. The van der Waals surface area contributed by atoms with E-state index in [4.69, 9.17) is 4.74 Å². The van der Waals surface area contributed by atoms with Crippen LogP contribution < -0.4 is 5.32 Å². The first kappa shape index (κ1) is 15.2. The maximum atomic E-state index is 12.1. The Hall–Kier alpha value is -1.84. The van der Waals surface area contributed by atoms with Gasteiger partial charge < -0.3 is 10.1 Å². The number of carbonyl (C=O) groups excluding carboxylic acids is 2. The van der Waals surface area contributed by atoms with Crippen LogP contribution in [0.2, 0.25) is 0 Å². The second-order valence-corrected chi connectivity index (χ2v) is 4.72. The van der Waals surface area contributed by atoms with Gasteiger partial charge in [-0.15, -0.1) is 0 Å². The normalized spacial score (nSPS) is 11.8. The van der Waals surface area contributed by atoms with Crippen LogP contribution in [0.4, 0.5) is 0 Å². The van der Waals surface area contributed by atoms with E-state index in [0.29, 0.717) is 12.1 Å². The lowest BCUT2D eigenvalue weighted by molar-refractivity contribution is -0.128. The highest BCUT2D eigenvalue weighted by Gasteiger charge is 2.20. The summed E-state index contributed by atoms with van der Waals surface area (Å²) < 4.78 is 5.20. The summed E-state index contributed by atoms with van der Waals surface area (Å²) in [4.78, 5) is 23.7. The summed E-state index contributed by atoms with van der Waals surface area (Å²) in [6.07, 6.45) is -0.785. The highest BCUT2D eigenvalue weighted by Crippen LogP contribution is 2.18. The van der Waals surface area contributed by atoms with Gasteiger partial charge >= 0.3 is 5.97 Å². The van der Waals surface area contributed by atoms with Crippen LogP contribution in [0, 0.1) is 20.8 Å². The van der Waals surface area contributed by atoms with Crippen molar-refractivity contribution in [3.63, 3.8) is 0 Å². The zero-order chi connectivity index (χ0) is 14.6. The van der Waals surface area contributed by atoms with E-state index >= 15 is 0 Å². The Morgan fingerprint density at radius 2 is 1.74 bits per heavy atom. The van der Waals surface area contributed by atoms with Crippen molar-refractivity contribution in [2.24, 2.45) is 0 Å². The molecule has 0 bridgehead atoms. The molecule has 1 amide bonds. The first-order chi connectivity index (χ1) is 8.86. The monoisotopic (exact) mass is 263 g/mol. The smallest absolute Gasteiger partial charge is 0.339 e. The molecule has 104 valence electrons. The van der Waals surface area contributed by atoms with E-state index in [1.165, 1.54) is 0 Å². The van der Waals surface area contributed by atoms with Gasteiger partial charge in [-0.1, -0.05) is 17.7 Å². The van der Waals surface area contributed by atoms with E-state index in [0.717, 1.165) is 16.7 Å². The number of hydrogen-bond acceptors (Lipinski definition) is 3. The molecule has 0 aliphatic carbocycles. The molecule has 1 rings (SSSR count). The molecule has 0 fully saturated rings. The molecule has 0 aromatic heterocycles. The third kappa shape index (κ3) is 3.81. The molecule has 1 N–H and O–H groups in total. The Bertz CT molecular complexity index is 471. The van der Waals surface area contributed by atoms with E-state index in [9.17, 15) is 9.59 Å². The van der Waals surface area contributed by atoms with E-state index in [1.54, 1.807) is 6.92 Å². The summed E-state index contributed by atoms with van der Waals surface area (Å²) in [5, 5.41) is 2.62. The SMILES string of the molecule is CCNC(=O)C(C)OC(=O)c1c(C)cc(C)cc1C. The zero-order valence-corrected chi connectivity index (χ0v) is 12.2. The molecule has 19 heavy (non-hydrogen) atoms. The molecule has 0 saturated carbocycles. The molecule has 0 spiro atoms. The molecule has 0 radical (unpaired) electrons. The topological polar surface area (TPSA) is 55.4 Å². The van der Waals surface area contributed by atoms with Crippen molar-refractivity contribution in [3.05, 3.63) is 34.4 Å². The van der Waals surface area contributed by atoms with Crippen LogP contribution in [0.25, 0.3) is 0 Å². The van der Waals surface area contributed by atoms with Gasteiger partial charge in [-0.2, -0.15) is 0 Å². The Morgan fingerprint density at radius 1 is 1.21 bits per heavy atom. The fraction of sp³-hybridized carbons (Fsp3) is 0.467. The third-order valence-electron chi connectivity index (χ3n) is 2.89. The number of ether oxygens (including phenoxy) is 1. The molecular weight excluding hydrogens is 242 g/mol. The second kappa shape index (κ2) is 6.36. The average molecular weight is 263 g/mol. The van der Waals surface area contributed by atoms with Gasteiger partial charge in [0, 0.05) is 6.54 Å². The van der Waals surface area contributed by atoms with Crippen LogP contribution in [-0.2, 0) is 9.53 Å². The highest BCUT2D eigenvalue weighted by atomic mass is 16.5. The number of amides is 1. The number of aryl methyl sites for hydroxylation is 3. The second-order valence-electron chi connectivity index (χ2n) is 4.72. The first-order valence-corrected chi connectivity index (χ1v) is 6.43. The molecule has 1 aromatic rings. The van der Waals surface area contributed by atoms with Crippen LogP contribution >= 0.6 is 0 Å². The molecule has 4 nitrogen and oxygen atoms in total. The van der Waals surface area contributed by atoms with Gasteiger partial charge in [-0.3, -0.25) is 4.79 Å². The van der Waals surface area contributed by atoms with Crippen LogP contribution in [0.1, 0.15) is 40.9 Å². The molecule has 0 heterocycles. The molecule has 0 aliphatic heterocycles. The van der Waals surface area contributed by atoms with E-state index in [-0.39, 0.29) is 5.91 Å². The summed E-state index contributed by atoms with van der Waals surface area (Å²) in [6, 6.07) is 3.86. The predicted octanol–water partition coefficient (Wildman–Crippen LogP) is 2.29. The zero-order valence-electron chi connectivity index (χ0n) is 12.2.